The van der Waals surface area contributed by atoms with Gasteiger partial charge in [-0.2, -0.15) is 4.98 Å². The second kappa shape index (κ2) is 6.88. The summed E-state index contributed by atoms with van der Waals surface area (Å²) < 4.78 is 8.17. The normalized spacial score (nSPS) is 12.8. The Morgan fingerprint density at radius 1 is 1.30 bits per heavy atom. The zero-order chi connectivity index (χ0) is 14.5. The van der Waals surface area contributed by atoms with Gasteiger partial charge in [0.15, 0.2) is 10.4 Å². The summed E-state index contributed by atoms with van der Waals surface area (Å²) >= 11 is 5.50. The average Bonchev–Trinajstić information content (AvgIpc) is 2.78. The molecule has 0 saturated carbocycles. The van der Waals surface area contributed by atoms with Crippen molar-refractivity contribution in [3.63, 3.8) is 0 Å². The first-order valence-electron chi connectivity index (χ1n) is 7.36. The Morgan fingerprint density at radius 2 is 2.10 bits per heavy atom. The Morgan fingerprint density at radius 3 is 2.75 bits per heavy atom. The number of fused-ring (bicyclic) bond motifs is 1. The Bertz CT molecular complexity index is 617. The third-order valence-electron chi connectivity index (χ3n) is 3.63. The lowest BCUT2D eigenvalue weighted by Gasteiger charge is -2.18. The van der Waals surface area contributed by atoms with Gasteiger partial charge in [-0.05, 0) is 31.1 Å². The molecular formula is C15H23N3OS. The van der Waals surface area contributed by atoms with E-state index in [2.05, 4.69) is 28.4 Å². The number of imidazole rings is 1. The molecule has 0 saturated heterocycles. The summed E-state index contributed by atoms with van der Waals surface area (Å²) in [7, 11) is 1.64. The quantitative estimate of drug-likeness (QED) is 0.757. The van der Waals surface area contributed by atoms with Crippen LogP contribution in [0, 0.1) is 4.77 Å². The lowest BCUT2D eigenvalue weighted by atomic mass is 10.1. The van der Waals surface area contributed by atoms with E-state index in [-0.39, 0.29) is 0 Å². The number of H-pyrrole nitrogens is 1. The van der Waals surface area contributed by atoms with Crippen LogP contribution in [-0.4, -0.2) is 21.6 Å². The van der Waals surface area contributed by atoms with Crippen LogP contribution in [0.15, 0.2) is 12.1 Å². The van der Waals surface area contributed by atoms with E-state index in [1.54, 1.807) is 7.11 Å². The molecule has 0 spiro atoms. The van der Waals surface area contributed by atoms with E-state index >= 15 is 0 Å². The summed E-state index contributed by atoms with van der Waals surface area (Å²) in [4.78, 5) is 7.82. The lowest BCUT2D eigenvalue weighted by molar-refractivity contribution is 0.394. The minimum absolute atomic E-state index is 0.417. The first-order valence-corrected chi connectivity index (χ1v) is 7.77. The number of nitrogens with one attached hydrogen (secondary N) is 1. The number of methoxy groups -OCH3 is 1. The lowest BCUT2D eigenvalue weighted by Crippen LogP contribution is -2.10. The van der Waals surface area contributed by atoms with Crippen molar-refractivity contribution < 1.29 is 4.74 Å². The molecule has 0 radical (unpaired) electrons. The standard InChI is InChI=1S/C15H23N3OS/c1-4-6-8-11(7-5-2)18-14-12(16-15(18)20)9-10-13(17-14)19-3/h9-11H,4-8H2,1-3H3,(H,16,20). The van der Waals surface area contributed by atoms with E-state index in [1.807, 2.05) is 12.1 Å². The van der Waals surface area contributed by atoms with Crippen LogP contribution >= 0.6 is 12.2 Å². The third kappa shape index (κ3) is 3.03. The molecule has 4 nitrogen and oxygen atoms in total. The molecule has 0 aliphatic carbocycles. The predicted molar refractivity (Wildman–Crippen MR) is 84.9 cm³/mol. The van der Waals surface area contributed by atoms with Crippen LogP contribution in [0.4, 0.5) is 0 Å². The van der Waals surface area contributed by atoms with Gasteiger partial charge >= 0.3 is 0 Å². The first kappa shape index (κ1) is 15.0. The van der Waals surface area contributed by atoms with Crippen LogP contribution in [0.25, 0.3) is 11.2 Å². The number of hydrogen-bond acceptors (Lipinski definition) is 3. The van der Waals surface area contributed by atoms with Crippen LogP contribution in [0.2, 0.25) is 0 Å². The molecule has 0 amide bonds. The third-order valence-corrected chi connectivity index (χ3v) is 3.92. The highest BCUT2D eigenvalue weighted by molar-refractivity contribution is 7.71. The van der Waals surface area contributed by atoms with Crippen molar-refractivity contribution >= 4 is 23.4 Å². The average molecular weight is 293 g/mol. The van der Waals surface area contributed by atoms with Gasteiger partial charge in [-0.3, -0.25) is 4.57 Å². The highest BCUT2D eigenvalue weighted by Gasteiger charge is 2.16. The van der Waals surface area contributed by atoms with Gasteiger partial charge < -0.3 is 9.72 Å². The van der Waals surface area contributed by atoms with Gasteiger partial charge in [0.2, 0.25) is 5.88 Å². The number of nitrogens with zero attached hydrogens (tertiary/aromatic N) is 2. The fourth-order valence-corrected chi connectivity index (χ4v) is 2.96. The molecule has 1 N–H and O–H groups in total. The molecule has 20 heavy (non-hydrogen) atoms. The highest BCUT2D eigenvalue weighted by Crippen LogP contribution is 2.26. The Balaban J connectivity index is 2.48. The summed E-state index contributed by atoms with van der Waals surface area (Å²) in [6, 6.07) is 4.26. The Labute approximate surface area is 125 Å². The van der Waals surface area contributed by atoms with Gasteiger partial charge in [0.1, 0.15) is 0 Å². The van der Waals surface area contributed by atoms with E-state index in [0.29, 0.717) is 11.9 Å². The molecule has 2 aromatic heterocycles. The molecule has 0 aromatic carbocycles. The molecule has 2 aromatic rings. The topological polar surface area (TPSA) is 42.8 Å². The SMILES string of the molecule is CCCCC(CCC)n1c(=S)[nH]c2ccc(OC)nc21. The van der Waals surface area contributed by atoms with E-state index in [4.69, 9.17) is 17.0 Å². The highest BCUT2D eigenvalue weighted by atomic mass is 32.1. The van der Waals surface area contributed by atoms with Crippen LogP contribution in [-0.2, 0) is 0 Å². The molecule has 110 valence electrons. The minimum atomic E-state index is 0.417. The molecule has 0 bridgehead atoms. The maximum Gasteiger partial charge on any atom is 0.215 e. The van der Waals surface area contributed by atoms with Crippen molar-refractivity contribution in [1.29, 1.82) is 0 Å². The molecule has 0 aliphatic heterocycles. The number of unbranched alkanes of at least 4 members (excludes halogenated alkanes) is 1. The number of aromatic amines is 1. The summed E-state index contributed by atoms with van der Waals surface area (Å²) in [6.45, 7) is 4.43. The van der Waals surface area contributed by atoms with Crippen LogP contribution in [0.3, 0.4) is 0 Å². The second-order valence-electron chi connectivity index (χ2n) is 5.11. The van der Waals surface area contributed by atoms with Crippen molar-refractivity contribution in [2.45, 2.75) is 52.0 Å². The van der Waals surface area contributed by atoms with Crippen LogP contribution in [0.5, 0.6) is 5.88 Å². The summed E-state index contributed by atoms with van der Waals surface area (Å²) in [5.41, 5.74) is 1.89. The van der Waals surface area contributed by atoms with Crippen molar-refractivity contribution in [1.82, 2.24) is 14.5 Å². The number of rotatable bonds is 7. The fraction of sp³-hybridized carbons (Fsp3) is 0.600. The zero-order valence-electron chi connectivity index (χ0n) is 12.5. The Kier molecular flexibility index (Phi) is 5.17. The maximum absolute atomic E-state index is 5.50. The molecule has 0 aliphatic rings. The molecule has 5 heteroatoms. The molecule has 2 heterocycles. The molecule has 1 unspecified atom stereocenters. The molecule has 2 rings (SSSR count). The number of hydrogen-bond donors (Lipinski definition) is 1. The van der Waals surface area contributed by atoms with Crippen LogP contribution < -0.4 is 4.74 Å². The fourth-order valence-electron chi connectivity index (χ4n) is 2.61. The van der Waals surface area contributed by atoms with Gasteiger partial charge in [0.25, 0.3) is 0 Å². The zero-order valence-corrected chi connectivity index (χ0v) is 13.3. The molecule has 1 atom stereocenters. The monoisotopic (exact) mass is 293 g/mol. The van der Waals surface area contributed by atoms with Crippen molar-refractivity contribution in [2.24, 2.45) is 0 Å². The van der Waals surface area contributed by atoms with Crippen molar-refractivity contribution in [2.75, 3.05) is 7.11 Å². The van der Waals surface area contributed by atoms with Gasteiger partial charge in [0.05, 0.1) is 12.6 Å². The van der Waals surface area contributed by atoms with Gasteiger partial charge in [0, 0.05) is 12.1 Å². The van der Waals surface area contributed by atoms with Crippen molar-refractivity contribution in [3.05, 3.63) is 16.9 Å². The predicted octanol–water partition coefficient (Wildman–Crippen LogP) is 4.63. The summed E-state index contributed by atoms with van der Waals surface area (Å²) in [5.74, 6) is 0.631. The van der Waals surface area contributed by atoms with E-state index in [1.165, 1.54) is 12.8 Å². The van der Waals surface area contributed by atoms with Crippen molar-refractivity contribution in [3.8, 4) is 5.88 Å². The molecular weight excluding hydrogens is 270 g/mol. The van der Waals surface area contributed by atoms with Gasteiger partial charge in [-0.1, -0.05) is 33.1 Å². The summed E-state index contributed by atoms with van der Waals surface area (Å²) in [6.07, 6.45) is 5.83. The molecule has 0 fully saturated rings. The van der Waals surface area contributed by atoms with E-state index in [9.17, 15) is 0 Å². The number of pyridine rings is 1. The van der Waals surface area contributed by atoms with Gasteiger partial charge in [-0.15, -0.1) is 0 Å². The van der Waals surface area contributed by atoms with E-state index < -0.39 is 0 Å². The first-order chi connectivity index (χ1) is 9.71. The van der Waals surface area contributed by atoms with Gasteiger partial charge in [-0.25, -0.2) is 0 Å². The largest absolute Gasteiger partial charge is 0.481 e. The van der Waals surface area contributed by atoms with Crippen LogP contribution in [0.1, 0.15) is 52.0 Å². The Hall–Kier alpha value is -1.36. The second-order valence-corrected chi connectivity index (χ2v) is 5.50. The van der Waals surface area contributed by atoms with E-state index in [0.717, 1.165) is 35.2 Å². The smallest absolute Gasteiger partial charge is 0.215 e. The number of ether oxygens (including phenoxy) is 1. The number of aromatic nitrogens is 3. The maximum atomic E-state index is 5.50. The summed E-state index contributed by atoms with van der Waals surface area (Å²) in [5, 5.41) is 0. The minimum Gasteiger partial charge on any atom is -0.481 e.